The molecule has 0 aliphatic carbocycles. The number of ether oxygens (including phenoxy) is 1. The van der Waals surface area contributed by atoms with Gasteiger partial charge >= 0.3 is 5.97 Å². The molecule has 1 aromatic carbocycles. The minimum atomic E-state index is -0.389. The number of hydrogen-bond donors (Lipinski definition) is 1. The van der Waals surface area contributed by atoms with Gasteiger partial charge in [0.1, 0.15) is 6.10 Å². The number of hydrogen-bond acceptors (Lipinski definition) is 5. The summed E-state index contributed by atoms with van der Waals surface area (Å²) >= 11 is 6.16. The number of likely N-dealkylation sites (N-methyl/N-ethyl adjacent to an activating group) is 1. The number of esters is 1. The van der Waals surface area contributed by atoms with Crippen LogP contribution in [0, 0.1) is 5.41 Å². The Balaban J connectivity index is 0.000000941. The standard InChI is InChI=1S/C20H27ClN2O3.CH2O2/c1-22(2)14-16-13-20(19(25)26-16)9-11-23(12-10-20)18(24)8-7-15-5-3-4-6-17(15)21;2-1-3/h3-6,16H,7-14H2,1-2H3;1H,(H,2,3). The summed E-state index contributed by atoms with van der Waals surface area (Å²) in [5, 5.41) is 7.60. The summed E-state index contributed by atoms with van der Waals surface area (Å²) in [6.45, 7) is 1.77. The summed E-state index contributed by atoms with van der Waals surface area (Å²) in [6.07, 6.45) is 3.24. The molecule has 0 radical (unpaired) electrons. The molecule has 2 aliphatic rings. The predicted octanol–water partition coefficient (Wildman–Crippen LogP) is 2.46. The second-order valence-corrected chi connectivity index (χ2v) is 8.26. The third-order valence-electron chi connectivity index (χ3n) is 5.53. The van der Waals surface area contributed by atoms with Crippen LogP contribution in [0.15, 0.2) is 24.3 Å². The Morgan fingerprint density at radius 1 is 1.34 bits per heavy atom. The van der Waals surface area contributed by atoms with E-state index in [0.29, 0.717) is 43.8 Å². The number of amides is 1. The van der Waals surface area contributed by atoms with Gasteiger partial charge in [-0.15, -0.1) is 0 Å². The van der Waals surface area contributed by atoms with Crippen molar-refractivity contribution in [2.24, 2.45) is 5.41 Å². The highest BCUT2D eigenvalue weighted by molar-refractivity contribution is 6.31. The summed E-state index contributed by atoms with van der Waals surface area (Å²) in [5.41, 5.74) is 0.613. The number of benzene rings is 1. The van der Waals surface area contributed by atoms with Gasteiger partial charge in [-0.1, -0.05) is 29.8 Å². The topological polar surface area (TPSA) is 87.2 Å². The lowest BCUT2D eigenvalue weighted by Gasteiger charge is -2.36. The zero-order chi connectivity index (χ0) is 21.4. The highest BCUT2D eigenvalue weighted by Crippen LogP contribution is 2.43. The molecule has 2 saturated heterocycles. The fourth-order valence-electron chi connectivity index (χ4n) is 4.04. The smallest absolute Gasteiger partial charge is 0.312 e. The van der Waals surface area contributed by atoms with Crippen LogP contribution >= 0.6 is 11.6 Å². The first-order valence-electron chi connectivity index (χ1n) is 9.76. The van der Waals surface area contributed by atoms with E-state index in [1.54, 1.807) is 0 Å². The third-order valence-corrected chi connectivity index (χ3v) is 5.90. The predicted molar refractivity (Wildman–Crippen MR) is 110 cm³/mol. The molecule has 1 spiro atoms. The fraction of sp³-hybridized carbons (Fsp3) is 0.571. The molecule has 1 aromatic rings. The van der Waals surface area contributed by atoms with E-state index >= 15 is 0 Å². The maximum absolute atomic E-state index is 12.5. The Morgan fingerprint density at radius 3 is 2.55 bits per heavy atom. The zero-order valence-corrected chi connectivity index (χ0v) is 17.7. The molecule has 1 amide bonds. The van der Waals surface area contributed by atoms with Crippen molar-refractivity contribution in [1.29, 1.82) is 0 Å². The Kier molecular flexibility index (Phi) is 8.46. The minimum Gasteiger partial charge on any atom is -0.483 e. The van der Waals surface area contributed by atoms with Crippen molar-refractivity contribution in [3.63, 3.8) is 0 Å². The number of carbonyl (C=O) groups is 3. The first-order valence-corrected chi connectivity index (χ1v) is 10.1. The molecule has 2 heterocycles. The molecule has 1 unspecified atom stereocenters. The van der Waals surface area contributed by atoms with Crippen molar-refractivity contribution < 1.29 is 24.2 Å². The van der Waals surface area contributed by atoms with Crippen LogP contribution < -0.4 is 0 Å². The number of halogens is 1. The Hall–Kier alpha value is -2.12. The van der Waals surface area contributed by atoms with Crippen molar-refractivity contribution in [2.75, 3.05) is 33.7 Å². The van der Waals surface area contributed by atoms with Gasteiger partial charge in [-0.25, -0.2) is 0 Å². The number of carbonyl (C=O) groups excluding carboxylic acids is 2. The maximum atomic E-state index is 12.5. The van der Waals surface area contributed by atoms with E-state index in [4.69, 9.17) is 26.2 Å². The van der Waals surface area contributed by atoms with E-state index in [9.17, 15) is 9.59 Å². The van der Waals surface area contributed by atoms with Gasteiger partial charge in [-0.2, -0.15) is 0 Å². The molecule has 0 bridgehead atoms. The monoisotopic (exact) mass is 424 g/mol. The van der Waals surface area contributed by atoms with Crippen LogP contribution in [0.25, 0.3) is 0 Å². The lowest BCUT2D eigenvalue weighted by molar-refractivity contribution is -0.152. The van der Waals surface area contributed by atoms with Gasteiger partial charge in [0.2, 0.25) is 5.91 Å². The molecule has 8 heteroatoms. The Labute approximate surface area is 176 Å². The van der Waals surface area contributed by atoms with Gasteiger partial charge in [-0.3, -0.25) is 14.4 Å². The van der Waals surface area contributed by atoms with Crippen LogP contribution in [0.1, 0.15) is 31.2 Å². The van der Waals surface area contributed by atoms with Crippen LogP contribution in [0.5, 0.6) is 0 Å². The van der Waals surface area contributed by atoms with Crippen LogP contribution in [0.3, 0.4) is 0 Å². The van der Waals surface area contributed by atoms with Crippen LogP contribution in [0.2, 0.25) is 5.02 Å². The Bertz CT molecular complexity index is 717. The van der Waals surface area contributed by atoms with E-state index in [1.807, 2.05) is 48.2 Å². The molecule has 3 rings (SSSR count). The molecule has 7 nitrogen and oxygen atoms in total. The van der Waals surface area contributed by atoms with Crippen molar-refractivity contribution >= 4 is 29.9 Å². The molecule has 2 fully saturated rings. The van der Waals surface area contributed by atoms with Crippen molar-refractivity contribution in [2.45, 2.75) is 38.2 Å². The van der Waals surface area contributed by atoms with E-state index in [-0.39, 0.29) is 29.9 Å². The third kappa shape index (κ3) is 6.18. The number of aryl methyl sites for hydroxylation is 1. The molecule has 0 saturated carbocycles. The molecule has 1 N–H and O–H groups in total. The molecule has 29 heavy (non-hydrogen) atoms. The van der Waals surface area contributed by atoms with Gasteiger partial charge < -0.3 is 19.6 Å². The SMILES string of the molecule is CN(C)CC1CC2(CCN(C(=O)CCc3ccccc3Cl)CC2)C(=O)O1.O=CO. The molecular weight excluding hydrogens is 396 g/mol. The number of cyclic esters (lactones) is 1. The van der Waals surface area contributed by atoms with Crippen molar-refractivity contribution in [1.82, 2.24) is 9.80 Å². The molecule has 0 aromatic heterocycles. The number of rotatable bonds is 5. The fourth-order valence-corrected chi connectivity index (χ4v) is 4.27. The molecule has 1 atom stereocenters. The average Bonchev–Trinajstić information content (AvgIpc) is 2.96. The molecule has 160 valence electrons. The average molecular weight is 425 g/mol. The second kappa shape index (κ2) is 10.6. The lowest BCUT2D eigenvalue weighted by Crippen LogP contribution is -2.45. The summed E-state index contributed by atoms with van der Waals surface area (Å²) in [7, 11) is 3.97. The van der Waals surface area contributed by atoms with Crippen molar-refractivity contribution in [3.8, 4) is 0 Å². The highest BCUT2D eigenvalue weighted by atomic mass is 35.5. The molecule has 2 aliphatic heterocycles. The highest BCUT2D eigenvalue weighted by Gasteiger charge is 2.50. The second-order valence-electron chi connectivity index (χ2n) is 7.85. The first-order chi connectivity index (χ1) is 13.8. The first kappa shape index (κ1) is 23.2. The van der Waals surface area contributed by atoms with Gasteiger partial charge in [0, 0.05) is 37.5 Å². The zero-order valence-electron chi connectivity index (χ0n) is 17.0. The van der Waals surface area contributed by atoms with E-state index in [2.05, 4.69) is 0 Å². The number of nitrogens with zero attached hydrogens (tertiary/aromatic N) is 2. The number of likely N-dealkylation sites (tertiary alicyclic amines) is 1. The summed E-state index contributed by atoms with van der Waals surface area (Å²) in [5.74, 6) is 0.0588. The van der Waals surface area contributed by atoms with E-state index in [0.717, 1.165) is 18.5 Å². The van der Waals surface area contributed by atoms with Crippen LogP contribution in [-0.2, 0) is 25.5 Å². The quantitative estimate of drug-likeness (QED) is 0.577. The van der Waals surface area contributed by atoms with E-state index in [1.165, 1.54) is 0 Å². The maximum Gasteiger partial charge on any atom is 0.312 e. The van der Waals surface area contributed by atoms with Crippen LogP contribution in [-0.4, -0.2) is 73.1 Å². The van der Waals surface area contributed by atoms with Gasteiger partial charge in [0.05, 0.1) is 5.41 Å². The van der Waals surface area contributed by atoms with Crippen molar-refractivity contribution in [3.05, 3.63) is 34.9 Å². The Morgan fingerprint density at radius 2 is 1.97 bits per heavy atom. The normalized spacial score (nSPS) is 20.2. The number of carboxylic acid groups (broad SMARTS) is 1. The summed E-state index contributed by atoms with van der Waals surface area (Å²) in [6, 6.07) is 7.64. The lowest BCUT2D eigenvalue weighted by atomic mass is 9.76. The summed E-state index contributed by atoms with van der Waals surface area (Å²) < 4.78 is 5.58. The largest absolute Gasteiger partial charge is 0.483 e. The summed E-state index contributed by atoms with van der Waals surface area (Å²) in [4.78, 5) is 37.2. The molecular formula is C21H29ClN2O5. The van der Waals surface area contributed by atoms with Gasteiger partial charge in [0.15, 0.2) is 0 Å². The number of piperidine rings is 1. The van der Waals surface area contributed by atoms with E-state index < -0.39 is 0 Å². The van der Waals surface area contributed by atoms with Gasteiger partial charge in [0.25, 0.3) is 6.47 Å². The van der Waals surface area contributed by atoms with Crippen LogP contribution in [0.4, 0.5) is 0 Å². The van der Waals surface area contributed by atoms with Gasteiger partial charge in [-0.05, 0) is 45.0 Å². The minimum absolute atomic E-state index is 0.0278.